The Balaban J connectivity index is 1.79. The Labute approximate surface area is 158 Å². The molecule has 0 spiro atoms. The van der Waals surface area contributed by atoms with Crippen LogP contribution in [0.15, 0.2) is 43.0 Å². The van der Waals surface area contributed by atoms with E-state index in [1.54, 1.807) is 11.0 Å². The first-order valence-corrected chi connectivity index (χ1v) is 8.79. The Kier molecular flexibility index (Phi) is 7.88. The number of benzene rings is 1. The number of carbonyl (C=O) groups excluding carboxylic acids is 2. The van der Waals surface area contributed by atoms with Crippen LogP contribution in [0, 0.1) is 0 Å². The quantitative estimate of drug-likeness (QED) is 0.301. The number of carbonyl (C=O) groups is 2. The van der Waals surface area contributed by atoms with Gasteiger partial charge in [-0.15, -0.1) is 6.58 Å². The maximum atomic E-state index is 12.1. The Morgan fingerprint density at radius 1 is 1.38 bits per heavy atom. The molecule has 1 aromatic carbocycles. The van der Waals surface area contributed by atoms with Crippen LogP contribution in [0.2, 0.25) is 0 Å². The van der Waals surface area contributed by atoms with Crippen LogP contribution >= 0.6 is 12.2 Å². The smallest absolute Gasteiger partial charge is 0.308 e. The first kappa shape index (κ1) is 19.7. The number of piperazine rings is 1. The number of hydrogen-bond donors (Lipinski definition) is 2. The largest absolute Gasteiger partial charge is 0.490 e. The number of para-hydroxylation sites is 1. The fourth-order valence-corrected chi connectivity index (χ4v) is 2.77. The molecule has 140 valence electrons. The fourth-order valence-electron chi connectivity index (χ4n) is 2.47. The van der Waals surface area contributed by atoms with E-state index in [-0.39, 0.29) is 25.5 Å². The Bertz CT molecular complexity index is 639. The van der Waals surface area contributed by atoms with Gasteiger partial charge in [0, 0.05) is 19.6 Å². The molecule has 2 rings (SSSR count). The number of rotatable bonds is 8. The predicted octanol–water partition coefficient (Wildman–Crippen LogP) is 0.860. The molecular weight excluding hydrogens is 354 g/mol. The highest BCUT2D eigenvalue weighted by atomic mass is 32.1. The van der Waals surface area contributed by atoms with Gasteiger partial charge in [0.1, 0.15) is 25.0 Å². The van der Waals surface area contributed by atoms with Gasteiger partial charge in [0.25, 0.3) is 0 Å². The van der Waals surface area contributed by atoms with Gasteiger partial charge in [0.05, 0.1) is 6.42 Å². The maximum absolute atomic E-state index is 12.1. The Hall–Kier alpha value is -2.61. The molecule has 0 aromatic heterocycles. The summed E-state index contributed by atoms with van der Waals surface area (Å²) < 4.78 is 10.6. The average Bonchev–Trinajstić information content (AvgIpc) is 2.65. The molecule has 7 nitrogen and oxygen atoms in total. The Morgan fingerprint density at radius 2 is 2.15 bits per heavy atom. The highest BCUT2D eigenvalue weighted by molar-refractivity contribution is 7.80. The van der Waals surface area contributed by atoms with Crippen LogP contribution in [0.4, 0.5) is 0 Å². The van der Waals surface area contributed by atoms with Gasteiger partial charge in [-0.25, -0.2) is 0 Å². The zero-order valence-corrected chi connectivity index (χ0v) is 15.3. The number of esters is 1. The summed E-state index contributed by atoms with van der Waals surface area (Å²) in [5, 5.41) is 6.15. The van der Waals surface area contributed by atoms with Crippen LogP contribution < -0.4 is 15.4 Å². The van der Waals surface area contributed by atoms with Crippen molar-refractivity contribution in [3.05, 3.63) is 43.0 Å². The lowest BCUT2D eigenvalue weighted by atomic mass is 10.1. The summed E-state index contributed by atoms with van der Waals surface area (Å²) in [4.78, 5) is 25.9. The number of nitrogens with one attached hydrogen (secondary N) is 2. The van der Waals surface area contributed by atoms with Crippen LogP contribution in [0.5, 0.6) is 5.75 Å². The van der Waals surface area contributed by atoms with Crippen molar-refractivity contribution in [1.29, 1.82) is 0 Å². The summed E-state index contributed by atoms with van der Waals surface area (Å²) in [5.74, 6) is -0.00301. The number of thiocarbonyl (C=S) groups is 1. The zero-order chi connectivity index (χ0) is 18.8. The van der Waals surface area contributed by atoms with E-state index in [2.05, 4.69) is 17.2 Å². The van der Waals surface area contributed by atoms with E-state index in [9.17, 15) is 9.59 Å². The zero-order valence-electron chi connectivity index (χ0n) is 14.5. The minimum Gasteiger partial charge on any atom is -0.490 e. The van der Waals surface area contributed by atoms with Gasteiger partial charge in [-0.05, 0) is 24.4 Å². The van der Waals surface area contributed by atoms with Crippen molar-refractivity contribution in [2.45, 2.75) is 12.5 Å². The second-order valence-corrected chi connectivity index (χ2v) is 5.95. The molecule has 1 amide bonds. The summed E-state index contributed by atoms with van der Waals surface area (Å²) in [7, 11) is 0. The van der Waals surface area contributed by atoms with Crippen molar-refractivity contribution in [2.24, 2.45) is 0 Å². The summed E-state index contributed by atoms with van der Waals surface area (Å²) in [6.45, 7) is 5.48. The summed E-state index contributed by atoms with van der Waals surface area (Å²) >= 11 is 5.30. The molecular formula is C18H23N3O4S. The monoisotopic (exact) mass is 377 g/mol. The number of amides is 1. The Morgan fingerprint density at radius 3 is 2.88 bits per heavy atom. The van der Waals surface area contributed by atoms with Crippen LogP contribution in [0.1, 0.15) is 6.42 Å². The van der Waals surface area contributed by atoms with Crippen molar-refractivity contribution in [1.82, 2.24) is 15.5 Å². The second kappa shape index (κ2) is 10.4. The van der Waals surface area contributed by atoms with Gasteiger partial charge in [0.15, 0.2) is 5.11 Å². The predicted molar refractivity (Wildman–Crippen MR) is 102 cm³/mol. The van der Waals surface area contributed by atoms with Crippen LogP contribution in [0.25, 0.3) is 0 Å². The second-order valence-electron chi connectivity index (χ2n) is 5.56. The highest BCUT2D eigenvalue weighted by Crippen LogP contribution is 2.11. The van der Waals surface area contributed by atoms with Gasteiger partial charge < -0.3 is 25.0 Å². The third-order valence-corrected chi connectivity index (χ3v) is 4.09. The van der Waals surface area contributed by atoms with Crippen LogP contribution in [-0.4, -0.2) is 60.8 Å². The summed E-state index contributed by atoms with van der Waals surface area (Å²) in [6.07, 6.45) is 1.60. The summed E-state index contributed by atoms with van der Waals surface area (Å²) in [5.41, 5.74) is 0. The molecule has 0 bridgehead atoms. The molecule has 1 aliphatic heterocycles. The minimum atomic E-state index is -0.684. The fraction of sp³-hybridized carbons (Fsp3) is 0.389. The van der Waals surface area contributed by atoms with E-state index in [4.69, 9.17) is 21.7 Å². The van der Waals surface area contributed by atoms with E-state index in [0.717, 1.165) is 0 Å². The lowest BCUT2D eigenvalue weighted by Gasteiger charge is -2.36. The van der Waals surface area contributed by atoms with Crippen LogP contribution in [0.3, 0.4) is 0 Å². The molecule has 1 unspecified atom stereocenters. The number of nitrogens with zero attached hydrogens (tertiary/aromatic N) is 1. The van der Waals surface area contributed by atoms with Gasteiger partial charge in [0.2, 0.25) is 5.91 Å². The summed E-state index contributed by atoms with van der Waals surface area (Å²) in [6, 6.07) is 8.58. The van der Waals surface area contributed by atoms with Crippen molar-refractivity contribution < 1.29 is 19.1 Å². The highest BCUT2D eigenvalue weighted by Gasteiger charge is 2.33. The molecule has 2 N–H and O–H groups in total. The van der Waals surface area contributed by atoms with Crippen LogP contribution in [-0.2, 0) is 14.3 Å². The van der Waals surface area contributed by atoms with Gasteiger partial charge in [-0.3, -0.25) is 9.59 Å². The maximum Gasteiger partial charge on any atom is 0.308 e. The molecule has 1 aromatic rings. The van der Waals surface area contributed by atoms with Crippen molar-refractivity contribution >= 4 is 29.2 Å². The normalized spacial score (nSPS) is 16.4. The number of ether oxygens (including phenoxy) is 2. The van der Waals surface area contributed by atoms with Crippen molar-refractivity contribution in [3.63, 3.8) is 0 Å². The molecule has 1 fully saturated rings. The number of hydrogen-bond acceptors (Lipinski definition) is 5. The minimum absolute atomic E-state index is 0.0763. The third-order valence-electron chi connectivity index (χ3n) is 3.71. The molecule has 1 atom stereocenters. The first-order chi connectivity index (χ1) is 12.6. The average molecular weight is 377 g/mol. The molecule has 0 radical (unpaired) electrons. The van der Waals surface area contributed by atoms with Crippen molar-refractivity contribution in [3.8, 4) is 5.75 Å². The van der Waals surface area contributed by atoms with Gasteiger partial charge >= 0.3 is 5.97 Å². The van der Waals surface area contributed by atoms with Crippen molar-refractivity contribution in [2.75, 3.05) is 32.8 Å². The third kappa shape index (κ3) is 6.03. The van der Waals surface area contributed by atoms with E-state index >= 15 is 0 Å². The first-order valence-electron chi connectivity index (χ1n) is 8.38. The SMILES string of the molecule is C=CCNC(=S)N1CCNC(=O)C1CC(=O)OCCOc1ccccc1. The van der Waals surface area contributed by atoms with E-state index in [1.807, 2.05) is 30.3 Å². The molecule has 1 heterocycles. The molecule has 0 aliphatic carbocycles. The lowest BCUT2D eigenvalue weighted by molar-refractivity contribution is -0.148. The van der Waals surface area contributed by atoms with Gasteiger partial charge in [-0.1, -0.05) is 24.3 Å². The molecule has 8 heteroatoms. The molecule has 0 saturated carbocycles. The van der Waals surface area contributed by atoms with E-state index in [0.29, 0.717) is 30.5 Å². The van der Waals surface area contributed by atoms with Gasteiger partial charge in [-0.2, -0.15) is 0 Å². The topological polar surface area (TPSA) is 79.9 Å². The molecule has 1 saturated heterocycles. The lowest BCUT2D eigenvalue weighted by Crippen LogP contribution is -2.59. The van der Waals surface area contributed by atoms with E-state index in [1.165, 1.54) is 0 Å². The standard InChI is InChI=1S/C18H23N3O4S/c1-2-8-20-18(26)21-10-9-19-17(23)15(21)13-16(22)25-12-11-24-14-6-4-3-5-7-14/h2-7,15H,1,8-13H2,(H,19,23)(H,20,26). The molecule has 1 aliphatic rings. The van der Waals surface area contributed by atoms with E-state index < -0.39 is 12.0 Å². The molecule has 26 heavy (non-hydrogen) atoms.